The summed E-state index contributed by atoms with van der Waals surface area (Å²) >= 11 is 0. The predicted molar refractivity (Wildman–Crippen MR) is 244 cm³/mol. The van der Waals surface area contributed by atoms with Crippen LogP contribution in [0.25, 0.3) is 0 Å². The van der Waals surface area contributed by atoms with Gasteiger partial charge in [-0.25, -0.2) is 0 Å². The molecule has 0 saturated heterocycles. The molecule has 0 aliphatic carbocycles. The van der Waals surface area contributed by atoms with Crippen molar-refractivity contribution in [2.75, 3.05) is 4.90 Å². The van der Waals surface area contributed by atoms with Crippen LogP contribution in [0.3, 0.4) is 0 Å². The maximum absolute atomic E-state index is 11.2. The van der Waals surface area contributed by atoms with E-state index in [1.165, 1.54) is 17.1 Å². The van der Waals surface area contributed by atoms with Crippen molar-refractivity contribution in [2.45, 2.75) is 0 Å². The second kappa shape index (κ2) is 22.3. The summed E-state index contributed by atoms with van der Waals surface area (Å²) < 4.78 is 0.334. The fraction of sp³-hybridized carbons (Fsp3) is 0. The fourth-order valence-electron chi connectivity index (χ4n) is 6.52. The zero-order valence-electron chi connectivity index (χ0n) is 33.3. The van der Waals surface area contributed by atoms with Gasteiger partial charge in [0.25, 0.3) is 17.1 Å². The van der Waals surface area contributed by atoms with Crippen molar-refractivity contribution in [3.05, 3.63) is 276 Å². The van der Waals surface area contributed by atoms with Gasteiger partial charge in [0, 0.05) is 102 Å². The van der Waals surface area contributed by atoms with Crippen LogP contribution in [0.5, 0.6) is 0 Å². The second-order valence-corrected chi connectivity index (χ2v) is 13.0. The average molecular weight is 843 g/mol. The van der Waals surface area contributed by atoms with Crippen molar-refractivity contribution in [1.29, 1.82) is 0 Å². The summed E-state index contributed by atoms with van der Waals surface area (Å²) in [5.41, 5.74) is 7.35. The van der Waals surface area contributed by atoms with Crippen LogP contribution in [0.1, 0.15) is 0 Å². The number of quaternary nitrogens is 1. The van der Waals surface area contributed by atoms with Crippen LogP contribution in [-0.2, 0) is 0 Å². The minimum Gasteiger partial charge on any atom is -0.356 e. The maximum Gasteiger partial charge on any atom is 0.269 e. The van der Waals surface area contributed by atoms with E-state index in [-0.39, 0.29) is 22.0 Å². The summed E-state index contributed by atoms with van der Waals surface area (Å²) in [6.07, 6.45) is 0. The van der Waals surface area contributed by atoms with Gasteiger partial charge >= 0.3 is 0 Å². The van der Waals surface area contributed by atoms with Gasteiger partial charge in [-0.3, -0.25) is 30.3 Å². The van der Waals surface area contributed by atoms with Gasteiger partial charge in [0.05, 0.1) is 19.9 Å². The maximum atomic E-state index is 11.2. The Morgan fingerprint density at radius 2 is 0.476 bits per heavy atom. The number of non-ortho nitro benzene ring substituents is 3. The molecule has 0 aliphatic heterocycles. The summed E-state index contributed by atoms with van der Waals surface area (Å²) in [5, 5.41) is 46.2. The van der Waals surface area contributed by atoms with E-state index in [2.05, 4.69) is 114 Å². The summed E-state index contributed by atoms with van der Waals surface area (Å²) in [5.74, 6) is 0. The third-order valence-electron chi connectivity index (χ3n) is 9.19. The number of rotatable bonds is 10. The Kier molecular flexibility index (Phi) is 16.0. The Morgan fingerprint density at radius 1 is 0.286 bits per heavy atom. The van der Waals surface area contributed by atoms with E-state index in [1.54, 1.807) is 12.1 Å². The van der Waals surface area contributed by atoms with Gasteiger partial charge in [0.15, 0.2) is 0 Å². The Hall–Kier alpha value is -9.08. The first kappa shape index (κ1) is 45.0. The third-order valence-corrected chi connectivity index (χ3v) is 9.19. The van der Waals surface area contributed by atoms with E-state index in [0.717, 1.165) is 47.0 Å². The minimum atomic E-state index is -1.75. The fourth-order valence-corrected chi connectivity index (χ4v) is 6.52. The summed E-state index contributed by atoms with van der Waals surface area (Å²) in [7, 11) is 0. The Bertz CT molecular complexity index is 2440. The van der Waals surface area contributed by atoms with Gasteiger partial charge in [-0.15, -0.1) is 0 Å². The van der Waals surface area contributed by atoms with E-state index in [4.69, 9.17) is 15.3 Å². The number of nitro groups is 3. The van der Waals surface area contributed by atoms with Gasteiger partial charge < -0.3 is 20.2 Å². The first-order chi connectivity index (χ1) is 30.5. The van der Waals surface area contributed by atoms with E-state index < -0.39 is 14.9 Å². The first-order valence-electron chi connectivity index (χ1n) is 19.0. The average Bonchev–Trinajstić information content (AvgIpc) is 3.32. The van der Waals surface area contributed by atoms with E-state index in [9.17, 15) is 30.3 Å². The van der Waals surface area contributed by atoms with E-state index >= 15 is 0 Å². The quantitative estimate of drug-likeness (QED) is 0.0724. The zero-order chi connectivity index (χ0) is 45.0. The summed E-state index contributed by atoms with van der Waals surface area (Å²) in [6.45, 7) is 0. The minimum absolute atomic E-state index is 0.0797. The lowest BCUT2D eigenvalue weighted by Crippen LogP contribution is -2.33. The van der Waals surface area contributed by atoms with Crippen molar-refractivity contribution in [2.24, 2.45) is 0 Å². The second-order valence-electron chi connectivity index (χ2n) is 13.0. The number of benzene rings is 8. The molecular weight excluding hydrogens is 805 g/mol. The van der Waals surface area contributed by atoms with Crippen molar-refractivity contribution < 1.29 is 19.9 Å². The molecule has 63 heavy (non-hydrogen) atoms. The van der Waals surface area contributed by atoms with Crippen LogP contribution in [0.15, 0.2) is 231 Å². The molecule has 0 radical (unpaired) electrons. The summed E-state index contributed by atoms with van der Waals surface area (Å²) in [4.78, 5) is 40.3. The Morgan fingerprint density at radius 3 is 0.698 bits per heavy atom. The normalized spacial score (nSPS) is 10.2. The molecule has 8 aromatic rings. The van der Waals surface area contributed by atoms with Crippen LogP contribution >= 0.6 is 0 Å². The molecule has 0 heterocycles. The van der Waals surface area contributed by atoms with E-state index in [0.29, 0.717) is 4.48 Å². The SMILES string of the molecule is O=[N+]([O-])[O-].O=[N+]([O-])c1ccc([N+](=O)[O-])cc1.O=[N+]([O-])c1ccc([N+](c2ccccc2)(c2ccccc2)c2ccccc2)cc1.c1ccc(N(c2ccccc2)c2ccccc2)cc1. The van der Waals surface area contributed by atoms with Crippen molar-refractivity contribution in [3.8, 4) is 0 Å². The Balaban J connectivity index is 0.000000184. The molecule has 0 spiro atoms. The molecule has 0 fully saturated rings. The molecule has 0 amide bonds. The molecule has 15 heteroatoms. The molecule has 15 nitrogen and oxygen atoms in total. The molecule has 0 aliphatic rings. The molecule has 0 atom stereocenters. The van der Waals surface area contributed by atoms with Crippen LogP contribution in [0.2, 0.25) is 0 Å². The zero-order valence-corrected chi connectivity index (χ0v) is 33.3. The molecule has 8 aromatic carbocycles. The van der Waals surface area contributed by atoms with Crippen LogP contribution in [-0.4, -0.2) is 19.9 Å². The van der Waals surface area contributed by atoms with Gasteiger partial charge in [-0.05, 0) is 36.4 Å². The molecule has 0 bridgehead atoms. The first-order valence-corrected chi connectivity index (χ1v) is 19.0. The highest BCUT2D eigenvalue weighted by Crippen LogP contribution is 2.51. The third kappa shape index (κ3) is 12.0. The number of para-hydroxylation sites is 6. The lowest BCUT2D eigenvalue weighted by Gasteiger charge is -2.36. The van der Waals surface area contributed by atoms with Gasteiger partial charge in [0.2, 0.25) is 0 Å². The lowest BCUT2D eigenvalue weighted by atomic mass is 10.1. The standard InChI is InChI=1S/C24H19N2O2.C18H15N.C6H4N2O4.NO3/c27-25(28)20-16-18-24(19-17-20)26(21-10-4-1-5-11-21,22-12-6-2-7-13-22)23-14-8-3-9-15-23;1-4-10-16(11-5-1)19(17-12-6-2-7-13-17)18-14-8-3-9-15-18;9-7(10)5-1-2-6(4-3-5)8(11)12;2-1(3)4/h1-19H;1-15H;1-4H;/q+1;;;-1. The monoisotopic (exact) mass is 842 g/mol. The van der Waals surface area contributed by atoms with Gasteiger partial charge in [-0.1, -0.05) is 109 Å². The van der Waals surface area contributed by atoms with Gasteiger partial charge in [-0.2, -0.15) is 4.48 Å². The van der Waals surface area contributed by atoms with Crippen LogP contribution in [0.4, 0.5) is 56.9 Å². The Labute approximate surface area is 361 Å². The lowest BCUT2D eigenvalue weighted by molar-refractivity contribution is -0.402. The molecular formula is C48H38N6O9. The van der Waals surface area contributed by atoms with Crippen LogP contribution in [0, 0.1) is 45.7 Å². The molecule has 0 N–H and O–H groups in total. The molecule has 0 saturated carbocycles. The highest BCUT2D eigenvalue weighted by atomic mass is 16.9. The molecule has 0 aromatic heterocycles. The highest BCUT2D eigenvalue weighted by molar-refractivity contribution is 5.82. The highest BCUT2D eigenvalue weighted by Gasteiger charge is 2.39. The number of hydrogen-bond acceptors (Lipinski definition) is 10. The van der Waals surface area contributed by atoms with Crippen molar-refractivity contribution >= 4 is 56.9 Å². The van der Waals surface area contributed by atoms with E-state index in [1.807, 2.05) is 84.9 Å². The van der Waals surface area contributed by atoms with Crippen molar-refractivity contribution in [1.82, 2.24) is 4.48 Å². The molecule has 0 unspecified atom stereocenters. The number of nitrogens with zero attached hydrogens (tertiary/aromatic N) is 6. The smallest absolute Gasteiger partial charge is 0.269 e. The largest absolute Gasteiger partial charge is 0.356 e. The number of anilines is 3. The summed E-state index contributed by atoms with van der Waals surface area (Å²) in [6, 6.07) is 73.0. The van der Waals surface area contributed by atoms with Crippen molar-refractivity contribution in [3.63, 3.8) is 0 Å². The number of hydrogen-bond donors (Lipinski definition) is 0. The molecule has 314 valence electrons. The topological polar surface area (TPSA) is 199 Å². The van der Waals surface area contributed by atoms with Gasteiger partial charge in [0.1, 0.15) is 22.7 Å². The predicted octanol–water partition coefficient (Wildman–Crippen LogP) is 13.3. The molecule has 8 rings (SSSR count). The number of nitro benzene ring substituents is 3. The van der Waals surface area contributed by atoms with Crippen LogP contribution < -0.4 is 9.38 Å².